The highest BCUT2D eigenvalue weighted by Crippen LogP contribution is 2.22. The summed E-state index contributed by atoms with van der Waals surface area (Å²) >= 11 is 1.45. The van der Waals surface area contributed by atoms with Gasteiger partial charge in [-0.2, -0.15) is 0 Å². The van der Waals surface area contributed by atoms with Gasteiger partial charge in [0.2, 0.25) is 0 Å². The molecule has 0 atom stereocenters. The summed E-state index contributed by atoms with van der Waals surface area (Å²) in [7, 11) is 0. The minimum atomic E-state index is -0.344. The Bertz CT molecular complexity index is 892. The quantitative estimate of drug-likeness (QED) is 0.596. The molecule has 0 aliphatic heterocycles. The van der Waals surface area contributed by atoms with Crippen LogP contribution in [0.1, 0.15) is 21.5 Å². The SMILES string of the molecule is Cc1c(C(=O)C=Cc2cccnc2)c(=O)[nH]c2sccc12. The Labute approximate surface area is 124 Å². The van der Waals surface area contributed by atoms with Crippen LogP contribution in [0.2, 0.25) is 0 Å². The van der Waals surface area contributed by atoms with Crippen molar-refractivity contribution in [2.24, 2.45) is 0 Å². The van der Waals surface area contributed by atoms with Crippen molar-refractivity contribution in [3.05, 3.63) is 69.1 Å². The number of fused-ring (bicyclic) bond motifs is 1. The summed E-state index contributed by atoms with van der Waals surface area (Å²) in [5, 5.41) is 2.81. The third-order valence-corrected chi connectivity index (χ3v) is 4.09. The van der Waals surface area contributed by atoms with Gasteiger partial charge in [0.25, 0.3) is 5.56 Å². The highest BCUT2D eigenvalue weighted by atomic mass is 32.1. The van der Waals surface area contributed by atoms with E-state index in [1.165, 1.54) is 17.4 Å². The number of aromatic amines is 1. The summed E-state index contributed by atoms with van der Waals surface area (Å²) in [5.41, 5.74) is 1.39. The number of carbonyl (C=O) groups excluding carboxylic acids is 1. The molecule has 0 bridgehead atoms. The van der Waals surface area contributed by atoms with Gasteiger partial charge in [-0.25, -0.2) is 0 Å². The molecule has 21 heavy (non-hydrogen) atoms. The van der Waals surface area contributed by atoms with Gasteiger partial charge in [0.05, 0.1) is 5.56 Å². The van der Waals surface area contributed by atoms with Gasteiger partial charge < -0.3 is 4.98 Å². The largest absolute Gasteiger partial charge is 0.313 e. The minimum Gasteiger partial charge on any atom is -0.313 e. The number of allylic oxidation sites excluding steroid dienone is 1. The molecule has 3 aromatic heterocycles. The standard InChI is InChI=1S/C16H12N2O2S/c1-10-12-6-8-21-16(12)18-15(20)14(10)13(19)5-4-11-3-2-7-17-9-11/h2-9H,1H3,(H,18,20). The molecule has 0 fully saturated rings. The van der Waals surface area contributed by atoms with Crippen molar-refractivity contribution in [2.75, 3.05) is 0 Å². The zero-order valence-electron chi connectivity index (χ0n) is 11.3. The molecule has 5 heteroatoms. The van der Waals surface area contributed by atoms with Crippen molar-refractivity contribution >= 4 is 33.4 Å². The van der Waals surface area contributed by atoms with Crippen LogP contribution in [-0.2, 0) is 0 Å². The van der Waals surface area contributed by atoms with Crippen LogP contribution in [0.3, 0.4) is 0 Å². The van der Waals surface area contributed by atoms with E-state index in [1.54, 1.807) is 31.5 Å². The number of ketones is 1. The number of H-pyrrole nitrogens is 1. The number of pyridine rings is 2. The van der Waals surface area contributed by atoms with Crippen LogP contribution in [0.5, 0.6) is 0 Å². The molecular weight excluding hydrogens is 284 g/mol. The Morgan fingerprint density at radius 1 is 1.38 bits per heavy atom. The van der Waals surface area contributed by atoms with Gasteiger partial charge >= 0.3 is 0 Å². The molecule has 4 nitrogen and oxygen atoms in total. The van der Waals surface area contributed by atoms with Gasteiger partial charge in [0.1, 0.15) is 4.83 Å². The molecule has 0 aliphatic carbocycles. The van der Waals surface area contributed by atoms with E-state index in [2.05, 4.69) is 9.97 Å². The fraction of sp³-hybridized carbons (Fsp3) is 0.0625. The summed E-state index contributed by atoms with van der Waals surface area (Å²) < 4.78 is 0. The lowest BCUT2D eigenvalue weighted by atomic mass is 10.0. The molecule has 3 heterocycles. The number of carbonyl (C=O) groups is 1. The molecule has 0 aliphatic rings. The molecule has 3 rings (SSSR count). The molecule has 0 radical (unpaired) electrons. The Hall–Kier alpha value is -2.53. The molecule has 0 spiro atoms. The van der Waals surface area contributed by atoms with E-state index in [9.17, 15) is 9.59 Å². The summed E-state index contributed by atoms with van der Waals surface area (Å²) in [6, 6.07) is 5.54. The molecule has 1 N–H and O–H groups in total. The van der Waals surface area contributed by atoms with E-state index in [-0.39, 0.29) is 16.9 Å². The number of rotatable bonds is 3. The van der Waals surface area contributed by atoms with E-state index >= 15 is 0 Å². The molecule has 0 unspecified atom stereocenters. The molecule has 104 valence electrons. The lowest BCUT2D eigenvalue weighted by molar-refractivity contribution is 0.104. The van der Waals surface area contributed by atoms with Crippen LogP contribution in [0.4, 0.5) is 0 Å². The third kappa shape index (κ3) is 2.55. The van der Waals surface area contributed by atoms with Crippen LogP contribution in [0.25, 0.3) is 16.3 Å². The van der Waals surface area contributed by atoms with Crippen LogP contribution >= 0.6 is 11.3 Å². The number of aryl methyl sites for hydroxylation is 1. The summed E-state index contributed by atoms with van der Waals surface area (Å²) in [5.74, 6) is -0.300. The highest BCUT2D eigenvalue weighted by molar-refractivity contribution is 7.16. The van der Waals surface area contributed by atoms with Crippen LogP contribution in [0, 0.1) is 6.92 Å². The van der Waals surface area contributed by atoms with Gasteiger partial charge in [-0.1, -0.05) is 6.07 Å². The van der Waals surface area contributed by atoms with Crippen LogP contribution < -0.4 is 5.56 Å². The van der Waals surface area contributed by atoms with Crippen molar-refractivity contribution in [1.29, 1.82) is 0 Å². The minimum absolute atomic E-state index is 0.195. The molecule has 3 aromatic rings. The maximum atomic E-state index is 12.3. The van der Waals surface area contributed by atoms with Crippen LogP contribution in [-0.4, -0.2) is 15.8 Å². The number of hydrogen-bond acceptors (Lipinski definition) is 4. The number of nitrogens with one attached hydrogen (secondary N) is 1. The van der Waals surface area contributed by atoms with Gasteiger partial charge in [-0.15, -0.1) is 11.3 Å². The first-order chi connectivity index (χ1) is 10.2. The molecule has 0 aromatic carbocycles. The first-order valence-electron chi connectivity index (χ1n) is 6.39. The van der Waals surface area contributed by atoms with Crippen molar-refractivity contribution in [3.8, 4) is 0 Å². The van der Waals surface area contributed by atoms with Gasteiger partial charge in [-0.05, 0) is 47.7 Å². The molecular formula is C16H12N2O2S. The second-order valence-corrected chi connectivity index (χ2v) is 5.52. The van der Waals surface area contributed by atoms with E-state index in [0.717, 1.165) is 21.3 Å². The highest BCUT2D eigenvalue weighted by Gasteiger charge is 2.14. The third-order valence-electron chi connectivity index (χ3n) is 3.26. The normalized spacial score (nSPS) is 11.3. The lowest BCUT2D eigenvalue weighted by Gasteiger charge is -2.02. The topological polar surface area (TPSA) is 62.8 Å². The Morgan fingerprint density at radius 2 is 2.24 bits per heavy atom. The van der Waals surface area contributed by atoms with Crippen LogP contribution in [0.15, 0.2) is 46.8 Å². The Kier molecular flexibility index (Phi) is 3.50. The zero-order chi connectivity index (χ0) is 14.8. The average Bonchev–Trinajstić information content (AvgIpc) is 2.94. The first kappa shape index (κ1) is 13.5. The maximum Gasteiger partial charge on any atom is 0.260 e. The van der Waals surface area contributed by atoms with E-state index in [4.69, 9.17) is 0 Å². The summed E-state index contributed by atoms with van der Waals surface area (Å²) in [6.07, 6.45) is 6.39. The van der Waals surface area contributed by atoms with Crippen molar-refractivity contribution in [3.63, 3.8) is 0 Å². The second-order valence-electron chi connectivity index (χ2n) is 4.60. The molecule has 0 saturated carbocycles. The first-order valence-corrected chi connectivity index (χ1v) is 7.27. The number of nitrogens with zero attached hydrogens (tertiary/aromatic N) is 1. The Balaban J connectivity index is 2.02. The Morgan fingerprint density at radius 3 is 3.00 bits per heavy atom. The number of hydrogen-bond donors (Lipinski definition) is 1. The van der Waals surface area contributed by atoms with Gasteiger partial charge in [0.15, 0.2) is 5.78 Å². The predicted octanol–water partition coefficient (Wildman–Crippen LogP) is 3.19. The lowest BCUT2D eigenvalue weighted by Crippen LogP contribution is -2.18. The van der Waals surface area contributed by atoms with Crippen molar-refractivity contribution < 1.29 is 4.79 Å². The van der Waals surface area contributed by atoms with E-state index < -0.39 is 0 Å². The van der Waals surface area contributed by atoms with Crippen molar-refractivity contribution in [2.45, 2.75) is 6.92 Å². The fourth-order valence-corrected chi connectivity index (χ4v) is 3.04. The number of aromatic nitrogens is 2. The van der Waals surface area contributed by atoms with Gasteiger partial charge in [-0.3, -0.25) is 14.6 Å². The van der Waals surface area contributed by atoms with Crippen molar-refractivity contribution in [1.82, 2.24) is 9.97 Å². The van der Waals surface area contributed by atoms with E-state index in [1.807, 2.05) is 17.5 Å². The average molecular weight is 296 g/mol. The predicted molar refractivity (Wildman–Crippen MR) is 84.8 cm³/mol. The number of thiophene rings is 1. The van der Waals surface area contributed by atoms with Gasteiger partial charge in [0, 0.05) is 17.8 Å². The monoisotopic (exact) mass is 296 g/mol. The molecule has 0 saturated heterocycles. The summed E-state index contributed by atoms with van der Waals surface area (Å²) in [4.78, 5) is 31.9. The molecule has 0 amide bonds. The maximum absolute atomic E-state index is 12.3. The smallest absolute Gasteiger partial charge is 0.260 e. The fourth-order valence-electron chi connectivity index (χ4n) is 2.20. The summed E-state index contributed by atoms with van der Waals surface area (Å²) in [6.45, 7) is 1.80. The zero-order valence-corrected chi connectivity index (χ0v) is 12.1. The van der Waals surface area contributed by atoms with E-state index in [0.29, 0.717) is 0 Å². The second kappa shape index (κ2) is 5.46.